The Labute approximate surface area is 125 Å². The van der Waals surface area contributed by atoms with Gasteiger partial charge in [0.25, 0.3) is 5.91 Å². The van der Waals surface area contributed by atoms with E-state index in [0.717, 1.165) is 11.4 Å². The molecule has 0 radical (unpaired) electrons. The van der Waals surface area contributed by atoms with E-state index in [1.807, 2.05) is 6.07 Å². The topological polar surface area (TPSA) is 58.4 Å². The largest absolute Gasteiger partial charge is 0.397 e. The van der Waals surface area contributed by atoms with Gasteiger partial charge < -0.3 is 16.0 Å². The number of nitrogens with zero attached hydrogens (tertiary/aromatic N) is 1. The average molecular weight is 283 g/mol. The number of carbonyl (C=O) groups is 1. The normalized spacial score (nSPS) is 10.3. The van der Waals surface area contributed by atoms with Gasteiger partial charge in [-0.2, -0.15) is 0 Å². The zero-order valence-corrected chi connectivity index (χ0v) is 12.9. The summed E-state index contributed by atoms with van der Waals surface area (Å²) in [5.74, 6) is -0.0434. The number of anilines is 3. The molecule has 0 bridgehead atoms. The molecule has 0 aliphatic rings. The summed E-state index contributed by atoms with van der Waals surface area (Å²) in [4.78, 5) is 13.6. The van der Waals surface area contributed by atoms with Crippen LogP contribution in [0.3, 0.4) is 0 Å². The highest BCUT2D eigenvalue weighted by Gasteiger charge is 2.10. The van der Waals surface area contributed by atoms with Crippen molar-refractivity contribution >= 4 is 23.0 Å². The minimum atomic E-state index is -0.0434. The standard InChI is InChI=1S/C17H21N3O/c1-11-5-7-14(9-12(11)2)19-16-10-13(6-8-15(16)18)17(21)20(3)4/h5-10,19H,18H2,1-4H3. The number of nitrogen functional groups attached to an aromatic ring is 1. The second kappa shape index (κ2) is 5.87. The molecule has 110 valence electrons. The molecule has 0 fully saturated rings. The van der Waals surface area contributed by atoms with Gasteiger partial charge in [-0.3, -0.25) is 4.79 Å². The molecule has 0 atom stereocenters. The van der Waals surface area contributed by atoms with Gasteiger partial charge in [-0.25, -0.2) is 0 Å². The fourth-order valence-corrected chi connectivity index (χ4v) is 2.03. The molecule has 21 heavy (non-hydrogen) atoms. The maximum Gasteiger partial charge on any atom is 0.253 e. The third-order valence-corrected chi connectivity index (χ3v) is 3.49. The van der Waals surface area contributed by atoms with E-state index in [1.54, 1.807) is 37.2 Å². The monoisotopic (exact) mass is 283 g/mol. The molecule has 0 unspecified atom stereocenters. The highest BCUT2D eigenvalue weighted by atomic mass is 16.2. The molecule has 4 nitrogen and oxygen atoms in total. The van der Waals surface area contributed by atoms with Gasteiger partial charge in [0.2, 0.25) is 0 Å². The van der Waals surface area contributed by atoms with Crippen LogP contribution in [0, 0.1) is 13.8 Å². The first kappa shape index (κ1) is 14.9. The van der Waals surface area contributed by atoms with Gasteiger partial charge in [0.05, 0.1) is 11.4 Å². The van der Waals surface area contributed by atoms with Gasteiger partial charge >= 0.3 is 0 Å². The van der Waals surface area contributed by atoms with Crippen LogP contribution in [0.4, 0.5) is 17.1 Å². The molecule has 0 spiro atoms. The summed E-state index contributed by atoms with van der Waals surface area (Å²) in [6, 6.07) is 11.4. The molecule has 2 aromatic rings. The lowest BCUT2D eigenvalue weighted by Crippen LogP contribution is -2.21. The number of carbonyl (C=O) groups excluding carboxylic acids is 1. The van der Waals surface area contributed by atoms with Gasteiger partial charge in [-0.1, -0.05) is 6.07 Å². The summed E-state index contributed by atoms with van der Waals surface area (Å²) in [5.41, 5.74) is 11.4. The summed E-state index contributed by atoms with van der Waals surface area (Å²) >= 11 is 0. The van der Waals surface area contributed by atoms with Crippen LogP contribution in [-0.4, -0.2) is 24.9 Å². The summed E-state index contributed by atoms with van der Waals surface area (Å²) in [5, 5.41) is 3.28. The van der Waals surface area contributed by atoms with Crippen LogP contribution in [0.15, 0.2) is 36.4 Å². The van der Waals surface area contributed by atoms with Crippen LogP contribution in [-0.2, 0) is 0 Å². The highest BCUT2D eigenvalue weighted by Crippen LogP contribution is 2.26. The van der Waals surface area contributed by atoms with Crippen LogP contribution in [0.25, 0.3) is 0 Å². The van der Waals surface area contributed by atoms with Crippen molar-refractivity contribution in [3.63, 3.8) is 0 Å². The molecule has 0 aliphatic heterocycles. The smallest absolute Gasteiger partial charge is 0.253 e. The Morgan fingerprint density at radius 2 is 1.76 bits per heavy atom. The lowest BCUT2D eigenvalue weighted by atomic mass is 10.1. The number of amides is 1. The fourth-order valence-electron chi connectivity index (χ4n) is 2.03. The maximum atomic E-state index is 12.0. The third kappa shape index (κ3) is 3.34. The first-order valence-corrected chi connectivity index (χ1v) is 6.84. The van der Waals surface area contributed by atoms with Crippen molar-refractivity contribution in [3.8, 4) is 0 Å². The van der Waals surface area contributed by atoms with Crippen molar-refractivity contribution in [2.45, 2.75) is 13.8 Å². The predicted molar refractivity (Wildman–Crippen MR) is 88.1 cm³/mol. The fraction of sp³-hybridized carbons (Fsp3) is 0.235. The van der Waals surface area contributed by atoms with Crippen LogP contribution in [0.5, 0.6) is 0 Å². The van der Waals surface area contributed by atoms with Crippen LogP contribution >= 0.6 is 0 Å². The average Bonchev–Trinajstić information content (AvgIpc) is 2.44. The maximum absolute atomic E-state index is 12.0. The van der Waals surface area contributed by atoms with Crippen molar-refractivity contribution in [3.05, 3.63) is 53.1 Å². The van der Waals surface area contributed by atoms with Gasteiger partial charge in [0.1, 0.15) is 0 Å². The second-order valence-corrected chi connectivity index (χ2v) is 5.43. The highest BCUT2D eigenvalue weighted by molar-refractivity contribution is 5.96. The van der Waals surface area contributed by atoms with Gasteiger partial charge in [-0.15, -0.1) is 0 Å². The molecular formula is C17H21N3O. The molecular weight excluding hydrogens is 262 g/mol. The van der Waals surface area contributed by atoms with Crippen LogP contribution in [0.2, 0.25) is 0 Å². The van der Waals surface area contributed by atoms with E-state index in [9.17, 15) is 4.79 Å². The van der Waals surface area contributed by atoms with E-state index in [-0.39, 0.29) is 5.91 Å². The van der Waals surface area contributed by atoms with E-state index in [1.165, 1.54) is 11.1 Å². The van der Waals surface area contributed by atoms with Crippen LogP contribution in [0.1, 0.15) is 21.5 Å². The SMILES string of the molecule is Cc1ccc(Nc2cc(C(=O)N(C)C)ccc2N)cc1C. The minimum Gasteiger partial charge on any atom is -0.397 e. The van der Waals surface area contributed by atoms with E-state index in [0.29, 0.717) is 11.3 Å². The van der Waals surface area contributed by atoms with E-state index >= 15 is 0 Å². The zero-order chi connectivity index (χ0) is 15.6. The van der Waals surface area contributed by atoms with Gasteiger partial charge in [-0.05, 0) is 55.3 Å². The Bertz CT molecular complexity index is 678. The first-order valence-electron chi connectivity index (χ1n) is 6.84. The molecule has 2 aromatic carbocycles. The number of benzene rings is 2. The summed E-state index contributed by atoms with van der Waals surface area (Å²) < 4.78 is 0. The molecule has 4 heteroatoms. The quantitative estimate of drug-likeness (QED) is 0.849. The number of hydrogen-bond acceptors (Lipinski definition) is 3. The predicted octanol–water partition coefficient (Wildman–Crippen LogP) is 3.33. The zero-order valence-electron chi connectivity index (χ0n) is 12.9. The second-order valence-electron chi connectivity index (χ2n) is 5.43. The van der Waals surface area contributed by atoms with Crippen LogP contribution < -0.4 is 11.1 Å². The third-order valence-electron chi connectivity index (χ3n) is 3.49. The first-order chi connectivity index (χ1) is 9.88. The lowest BCUT2D eigenvalue weighted by molar-refractivity contribution is 0.0827. The van der Waals surface area contributed by atoms with Crippen molar-refractivity contribution < 1.29 is 4.79 Å². The van der Waals surface area contributed by atoms with Crippen molar-refractivity contribution in [2.75, 3.05) is 25.1 Å². The number of aryl methyl sites for hydroxylation is 2. The summed E-state index contributed by atoms with van der Waals surface area (Å²) in [6.45, 7) is 4.14. The Morgan fingerprint density at radius 1 is 1.05 bits per heavy atom. The Hall–Kier alpha value is -2.49. The number of nitrogens with one attached hydrogen (secondary N) is 1. The van der Waals surface area contributed by atoms with E-state index in [2.05, 4.69) is 31.3 Å². The lowest BCUT2D eigenvalue weighted by Gasteiger charge is -2.14. The number of rotatable bonds is 3. The molecule has 0 saturated heterocycles. The number of nitrogens with two attached hydrogens (primary N) is 1. The minimum absolute atomic E-state index is 0.0434. The van der Waals surface area contributed by atoms with E-state index in [4.69, 9.17) is 5.73 Å². The Morgan fingerprint density at radius 3 is 2.38 bits per heavy atom. The van der Waals surface area contributed by atoms with Crippen molar-refractivity contribution in [1.82, 2.24) is 4.90 Å². The molecule has 0 aliphatic carbocycles. The van der Waals surface area contributed by atoms with E-state index < -0.39 is 0 Å². The van der Waals surface area contributed by atoms with Crippen molar-refractivity contribution in [1.29, 1.82) is 0 Å². The molecule has 0 aromatic heterocycles. The molecule has 3 N–H and O–H groups in total. The summed E-state index contributed by atoms with van der Waals surface area (Å²) in [6.07, 6.45) is 0. The molecule has 0 saturated carbocycles. The summed E-state index contributed by atoms with van der Waals surface area (Å²) in [7, 11) is 3.46. The molecule has 2 rings (SSSR count). The molecule has 0 heterocycles. The molecule has 1 amide bonds. The Balaban J connectivity index is 2.32. The number of hydrogen-bond donors (Lipinski definition) is 2. The van der Waals surface area contributed by atoms with Gasteiger partial charge in [0.15, 0.2) is 0 Å². The Kier molecular flexibility index (Phi) is 4.17. The van der Waals surface area contributed by atoms with Gasteiger partial charge in [0, 0.05) is 25.3 Å². The van der Waals surface area contributed by atoms with Crippen molar-refractivity contribution in [2.24, 2.45) is 0 Å².